The van der Waals surface area contributed by atoms with Crippen LogP contribution in [0.5, 0.6) is 0 Å². The third-order valence-electron chi connectivity index (χ3n) is 2.42. The van der Waals surface area contributed by atoms with E-state index in [9.17, 15) is 31.5 Å². The Hall–Kier alpha value is -1.41. The molecule has 0 aliphatic carbocycles. The van der Waals surface area contributed by atoms with Crippen molar-refractivity contribution in [3.63, 3.8) is 0 Å². The normalized spacial score (nSPS) is 21.7. The highest BCUT2D eigenvalue weighted by Gasteiger charge is 2.65. The molecule has 1 atom stereocenters. The van der Waals surface area contributed by atoms with Crippen LogP contribution in [0.3, 0.4) is 0 Å². The molecule has 1 heterocycles. The smallest absolute Gasteiger partial charge is 0.463 e. The molecule has 0 saturated carbocycles. The van der Waals surface area contributed by atoms with Gasteiger partial charge in [-0.2, -0.15) is 22.0 Å². The molecular weight excluding hydrogens is 253 g/mol. The van der Waals surface area contributed by atoms with Crippen molar-refractivity contribution in [2.75, 3.05) is 6.54 Å². The Balaban J connectivity index is 2.94. The Morgan fingerprint density at radius 3 is 2.12 bits per heavy atom. The largest absolute Gasteiger partial charge is 0.480 e. The zero-order valence-electron chi connectivity index (χ0n) is 8.30. The lowest BCUT2D eigenvalue weighted by atomic mass is 10.2. The second-order valence-electron chi connectivity index (χ2n) is 3.57. The number of likely N-dealkylation sites (tertiary alicyclic amines) is 1. The van der Waals surface area contributed by atoms with Crippen LogP contribution in [0, 0.1) is 0 Å². The van der Waals surface area contributed by atoms with Gasteiger partial charge in [-0.25, -0.2) is 4.79 Å². The molecule has 0 radical (unpaired) electrons. The predicted octanol–water partition coefficient (Wildman–Crippen LogP) is 1.26. The van der Waals surface area contributed by atoms with Gasteiger partial charge in [-0.05, 0) is 12.8 Å². The van der Waals surface area contributed by atoms with Crippen LogP contribution < -0.4 is 0 Å². The van der Waals surface area contributed by atoms with Gasteiger partial charge in [0.15, 0.2) is 0 Å². The summed E-state index contributed by atoms with van der Waals surface area (Å²) in [5.74, 6) is -9.64. The SMILES string of the molecule is O=C(O)[C@@H]1CCCN1C(=O)C(F)(F)C(F)(F)F. The van der Waals surface area contributed by atoms with E-state index >= 15 is 0 Å². The lowest BCUT2D eigenvalue weighted by molar-refractivity contribution is -0.274. The number of carboxylic acids is 1. The molecule has 1 fully saturated rings. The molecule has 1 aliphatic rings. The second kappa shape index (κ2) is 4.11. The fraction of sp³-hybridized carbons (Fsp3) is 0.750. The second-order valence-corrected chi connectivity index (χ2v) is 3.57. The number of halogens is 5. The highest BCUT2D eigenvalue weighted by atomic mass is 19.4. The average molecular weight is 261 g/mol. The molecule has 1 aliphatic heterocycles. The summed E-state index contributed by atoms with van der Waals surface area (Å²) in [6.45, 7) is -0.415. The molecular formula is C8H8F5NO3. The van der Waals surface area contributed by atoms with Crippen molar-refractivity contribution in [2.45, 2.75) is 31.0 Å². The maximum atomic E-state index is 12.7. The quantitative estimate of drug-likeness (QED) is 0.761. The molecule has 17 heavy (non-hydrogen) atoms. The highest BCUT2D eigenvalue weighted by molar-refractivity contribution is 5.89. The number of carbonyl (C=O) groups excluding carboxylic acids is 1. The lowest BCUT2D eigenvalue weighted by Crippen LogP contribution is -2.54. The summed E-state index contributed by atoms with van der Waals surface area (Å²) in [5.41, 5.74) is 0. The highest BCUT2D eigenvalue weighted by Crippen LogP contribution is 2.38. The van der Waals surface area contributed by atoms with Crippen molar-refractivity contribution in [1.82, 2.24) is 4.90 Å². The molecule has 9 heteroatoms. The van der Waals surface area contributed by atoms with Gasteiger partial charge in [0.25, 0.3) is 0 Å². The minimum absolute atomic E-state index is 0.0653. The molecule has 4 nitrogen and oxygen atoms in total. The van der Waals surface area contributed by atoms with Crippen LogP contribution >= 0.6 is 0 Å². The number of rotatable bonds is 2. The minimum Gasteiger partial charge on any atom is -0.480 e. The summed E-state index contributed by atoms with van der Waals surface area (Å²) >= 11 is 0. The maximum absolute atomic E-state index is 12.7. The van der Waals surface area contributed by atoms with E-state index < -0.39 is 36.6 Å². The molecule has 1 amide bonds. The fourth-order valence-corrected chi connectivity index (χ4v) is 1.57. The number of nitrogens with zero attached hydrogens (tertiary/aromatic N) is 1. The van der Waals surface area contributed by atoms with Gasteiger partial charge in [-0.15, -0.1) is 0 Å². The van der Waals surface area contributed by atoms with Crippen LogP contribution in [0.4, 0.5) is 22.0 Å². The first-order valence-corrected chi connectivity index (χ1v) is 4.57. The van der Waals surface area contributed by atoms with Crippen molar-refractivity contribution in [1.29, 1.82) is 0 Å². The summed E-state index contributed by atoms with van der Waals surface area (Å²) in [6.07, 6.45) is -6.07. The Morgan fingerprint density at radius 1 is 1.18 bits per heavy atom. The first-order chi connectivity index (χ1) is 7.59. The van der Waals surface area contributed by atoms with E-state index in [1.807, 2.05) is 0 Å². The van der Waals surface area contributed by atoms with Crippen LogP contribution in [-0.2, 0) is 9.59 Å². The van der Waals surface area contributed by atoms with Crippen molar-refractivity contribution in [3.8, 4) is 0 Å². The predicted molar refractivity (Wildman–Crippen MR) is 43.4 cm³/mol. The first-order valence-electron chi connectivity index (χ1n) is 4.57. The molecule has 0 aromatic carbocycles. The summed E-state index contributed by atoms with van der Waals surface area (Å²) in [4.78, 5) is 21.7. The van der Waals surface area contributed by atoms with E-state index in [1.54, 1.807) is 0 Å². The zero-order valence-corrected chi connectivity index (χ0v) is 8.30. The van der Waals surface area contributed by atoms with Gasteiger partial charge >= 0.3 is 24.0 Å². The molecule has 0 unspecified atom stereocenters. The summed E-state index contributed by atoms with van der Waals surface area (Å²) < 4.78 is 61.2. The van der Waals surface area contributed by atoms with Crippen molar-refractivity contribution in [2.24, 2.45) is 0 Å². The maximum Gasteiger partial charge on any atom is 0.463 e. The topological polar surface area (TPSA) is 57.6 Å². The molecule has 1 rings (SSSR count). The van der Waals surface area contributed by atoms with Gasteiger partial charge in [0.05, 0.1) is 0 Å². The first kappa shape index (κ1) is 13.7. The standard InChI is InChI=1S/C8H8F5NO3/c9-7(10,8(11,12)13)6(17)14-3-1-2-4(14)5(15)16/h4H,1-3H2,(H,15,16)/t4-/m0/s1. The van der Waals surface area contributed by atoms with Crippen molar-refractivity contribution in [3.05, 3.63) is 0 Å². The van der Waals surface area contributed by atoms with Crippen LogP contribution in [0.1, 0.15) is 12.8 Å². The van der Waals surface area contributed by atoms with Crippen LogP contribution in [0.2, 0.25) is 0 Å². The summed E-state index contributed by atoms with van der Waals surface area (Å²) in [7, 11) is 0. The lowest BCUT2D eigenvalue weighted by Gasteiger charge is -2.27. The van der Waals surface area contributed by atoms with E-state index in [-0.39, 0.29) is 17.7 Å². The minimum atomic E-state index is -6.02. The average Bonchev–Trinajstić information content (AvgIpc) is 2.62. The summed E-state index contributed by atoms with van der Waals surface area (Å²) in [5, 5.41) is 8.58. The van der Waals surface area contributed by atoms with E-state index in [2.05, 4.69) is 0 Å². The fourth-order valence-electron chi connectivity index (χ4n) is 1.57. The molecule has 0 spiro atoms. The van der Waals surface area contributed by atoms with E-state index in [0.717, 1.165) is 0 Å². The number of amides is 1. The molecule has 0 aromatic rings. The Labute approximate surface area is 92.0 Å². The number of carboxylic acid groups (broad SMARTS) is 1. The number of alkyl halides is 5. The number of hydrogen-bond acceptors (Lipinski definition) is 2. The number of hydrogen-bond donors (Lipinski definition) is 1. The third-order valence-corrected chi connectivity index (χ3v) is 2.42. The van der Waals surface area contributed by atoms with Crippen molar-refractivity contribution >= 4 is 11.9 Å². The Bertz CT molecular complexity index is 341. The van der Waals surface area contributed by atoms with Gasteiger partial charge < -0.3 is 10.0 Å². The monoisotopic (exact) mass is 261 g/mol. The number of carbonyl (C=O) groups is 2. The van der Waals surface area contributed by atoms with E-state index in [4.69, 9.17) is 5.11 Å². The molecule has 98 valence electrons. The van der Waals surface area contributed by atoms with Gasteiger partial charge in [0.2, 0.25) is 0 Å². The van der Waals surface area contributed by atoms with Crippen LogP contribution in [0.25, 0.3) is 0 Å². The van der Waals surface area contributed by atoms with E-state index in [0.29, 0.717) is 0 Å². The van der Waals surface area contributed by atoms with Gasteiger partial charge in [0.1, 0.15) is 6.04 Å². The molecule has 0 bridgehead atoms. The molecule has 1 N–H and O–H groups in total. The van der Waals surface area contributed by atoms with Gasteiger partial charge in [-0.3, -0.25) is 4.79 Å². The third kappa shape index (κ3) is 2.32. The Morgan fingerprint density at radius 2 is 1.71 bits per heavy atom. The Kier molecular flexibility index (Phi) is 3.30. The van der Waals surface area contributed by atoms with Gasteiger partial charge in [0, 0.05) is 6.54 Å². The molecule has 0 aromatic heterocycles. The van der Waals surface area contributed by atoms with E-state index in [1.165, 1.54) is 0 Å². The van der Waals surface area contributed by atoms with Crippen molar-refractivity contribution < 1.29 is 36.6 Å². The number of aliphatic carboxylic acids is 1. The van der Waals surface area contributed by atoms with Crippen LogP contribution in [0.15, 0.2) is 0 Å². The van der Waals surface area contributed by atoms with Gasteiger partial charge in [-0.1, -0.05) is 0 Å². The van der Waals surface area contributed by atoms with Crippen LogP contribution in [-0.4, -0.2) is 46.6 Å². The summed E-state index contributed by atoms with van der Waals surface area (Å²) in [6, 6.07) is -1.62. The molecule has 1 saturated heterocycles. The zero-order chi connectivity index (χ0) is 13.4.